The van der Waals surface area contributed by atoms with Crippen molar-refractivity contribution in [2.75, 3.05) is 38.2 Å². The van der Waals surface area contributed by atoms with Gasteiger partial charge >= 0.3 is 18.4 Å². The van der Waals surface area contributed by atoms with E-state index in [-0.39, 0.29) is 43.5 Å². The molecule has 0 atom stereocenters. The Morgan fingerprint density at radius 1 is 1.05 bits per heavy atom. The second-order valence-electron chi connectivity index (χ2n) is 8.41. The van der Waals surface area contributed by atoms with Gasteiger partial charge in [-0.15, -0.1) is 0 Å². The van der Waals surface area contributed by atoms with Crippen LogP contribution in [0.2, 0.25) is 0 Å². The van der Waals surface area contributed by atoms with Crippen molar-refractivity contribution in [3.63, 3.8) is 0 Å². The van der Waals surface area contributed by atoms with Crippen molar-refractivity contribution >= 4 is 35.5 Å². The number of benzene rings is 2. The highest BCUT2D eigenvalue weighted by Crippen LogP contribution is 2.48. The summed E-state index contributed by atoms with van der Waals surface area (Å²) in [7, 11) is 0. The number of hydrogen-bond acceptors (Lipinski definition) is 5. The molecule has 1 heterocycles. The number of amides is 2. The Morgan fingerprint density at radius 2 is 1.74 bits per heavy atom. The van der Waals surface area contributed by atoms with Gasteiger partial charge in [-0.3, -0.25) is 10.1 Å². The zero-order chi connectivity index (χ0) is 28.6. The van der Waals surface area contributed by atoms with E-state index in [0.717, 1.165) is 30.7 Å². The average molecular weight is 577 g/mol. The molecule has 2 amide bonds. The van der Waals surface area contributed by atoms with Gasteiger partial charge in [-0.2, -0.15) is 26.3 Å². The number of ether oxygens (including phenoxy) is 2. The van der Waals surface area contributed by atoms with Crippen LogP contribution in [-0.4, -0.2) is 49.8 Å². The van der Waals surface area contributed by atoms with Crippen LogP contribution in [0.25, 0.3) is 6.08 Å². The maximum absolute atomic E-state index is 14.1. The van der Waals surface area contributed by atoms with E-state index in [1.807, 2.05) is 6.92 Å². The molecule has 0 aliphatic carbocycles. The molecule has 0 radical (unpaired) electrons. The summed E-state index contributed by atoms with van der Waals surface area (Å²) < 4.78 is 94.6. The van der Waals surface area contributed by atoms with E-state index >= 15 is 0 Å². The Bertz CT molecular complexity index is 1190. The van der Waals surface area contributed by atoms with E-state index in [1.54, 1.807) is 0 Å². The first-order chi connectivity index (χ1) is 18.4. The van der Waals surface area contributed by atoms with Gasteiger partial charge in [0.25, 0.3) is 0 Å². The van der Waals surface area contributed by atoms with Gasteiger partial charge in [-0.05, 0) is 42.3 Å². The smallest absolute Gasteiger partial charge is 0.418 e. The van der Waals surface area contributed by atoms with Crippen LogP contribution in [-0.2, 0) is 26.6 Å². The highest BCUT2D eigenvalue weighted by atomic mass is 32.2. The predicted octanol–water partition coefficient (Wildman–Crippen LogP) is 7.10. The molecule has 0 aromatic heterocycles. The summed E-state index contributed by atoms with van der Waals surface area (Å²) in [6, 6.07) is 7.47. The standard InChI is InChI=1S/C26H26F6N2O4S/c1-2-3-13-38-24(36)33-18-5-4-6-19(16-18)39-20-9-7-17(8-10-21(35)34-11-14-37-15-12-34)22(25(27,28)29)23(20)26(30,31)32/h4-10,16H,2-3,11-15H2,1H3,(H,33,36)/b10-8+. The minimum absolute atomic E-state index is 0.158. The van der Waals surface area contributed by atoms with Gasteiger partial charge < -0.3 is 14.4 Å². The van der Waals surface area contributed by atoms with Crippen molar-refractivity contribution in [1.29, 1.82) is 0 Å². The molecule has 0 spiro atoms. The number of nitrogens with zero attached hydrogens (tertiary/aromatic N) is 1. The van der Waals surface area contributed by atoms with E-state index in [0.29, 0.717) is 18.2 Å². The lowest BCUT2D eigenvalue weighted by Gasteiger charge is -2.25. The third-order valence-corrected chi connectivity index (χ3v) is 6.58. The topological polar surface area (TPSA) is 67.9 Å². The third kappa shape index (κ3) is 8.65. The maximum Gasteiger partial charge on any atom is 0.418 e. The zero-order valence-electron chi connectivity index (χ0n) is 20.8. The molecule has 1 aliphatic heterocycles. The molecule has 2 aromatic rings. The maximum atomic E-state index is 14.1. The number of unbranched alkanes of at least 4 members (excludes halogenated alkanes) is 1. The molecule has 3 rings (SSSR count). The summed E-state index contributed by atoms with van der Waals surface area (Å²) in [4.78, 5) is 25.0. The number of halogens is 6. The molecule has 0 unspecified atom stereocenters. The fourth-order valence-corrected chi connectivity index (χ4v) is 4.73. The summed E-state index contributed by atoms with van der Waals surface area (Å²) in [5.74, 6) is -0.629. The molecule has 0 bridgehead atoms. The summed E-state index contributed by atoms with van der Waals surface area (Å²) in [6.45, 7) is 3.06. The molecule has 0 saturated carbocycles. The molecular formula is C26H26F6N2O4S. The highest BCUT2D eigenvalue weighted by molar-refractivity contribution is 7.99. The first-order valence-electron chi connectivity index (χ1n) is 12.0. The fourth-order valence-electron chi connectivity index (χ4n) is 3.69. The van der Waals surface area contributed by atoms with E-state index < -0.39 is 45.9 Å². The Hall–Kier alpha value is -3.19. The molecule has 1 N–H and O–H groups in total. The first kappa shape index (κ1) is 30.4. The SMILES string of the molecule is CCCCOC(=O)Nc1cccc(Sc2ccc(/C=C/C(=O)N3CCOCC3)c(C(F)(F)F)c2C(F)(F)F)c1. The fraction of sp³-hybridized carbons (Fsp3) is 0.385. The molecule has 2 aromatic carbocycles. The van der Waals surface area contributed by atoms with E-state index in [1.165, 1.54) is 29.2 Å². The summed E-state index contributed by atoms with van der Waals surface area (Å²) in [5, 5.41) is 2.44. The Labute approximate surface area is 225 Å². The zero-order valence-corrected chi connectivity index (χ0v) is 21.6. The van der Waals surface area contributed by atoms with E-state index in [4.69, 9.17) is 9.47 Å². The van der Waals surface area contributed by atoms with Crippen molar-refractivity contribution in [2.24, 2.45) is 0 Å². The van der Waals surface area contributed by atoms with Crippen LogP contribution in [0, 0.1) is 0 Å². The van der Waals surface area contributed by atoms with Gasteiger partial charge in [0.2, 0.25) is 5.91 Å². The number of carbonyl (C=O) groups excluding carboxylic acids is 2. The minimum atomic E-state index is -5.37. The molecule has 1 fully saturated rings. The average Bonchev–Trinajstić information content (AvgIpc) is 2.87. The van der Waals surface area contributed by atoms with Crippen molar-refractivity contribution < 1.29 is 45.4 Å². The van der Waals surface area contributed by atoms with Crippen LogP contribution in [0.15, 0.2) is 52.3 Å². The Kier molecular flexibility index (Phi) is 10.3. The molecule has 13 heteroatoms. The van der Waals surface area contributed by atoms with Crippen molar-refractivity contribution in [3.8, 4) is 0 Å². The predicted molar refractivity (Wildman–Crippen MR) is 133 cm³/mol. The molecule has 1 saturated heterocycles. The lowest BCUT2D eigenvalue weighted by atomic mass is 9.99. The largest absolute Gasteiger partial charge is 0.449 e. The van der Waals surface area contributed by atoms with Gasteiger partial charge in [0.1, 0.15) is 0 Å². The number of nitrogens with one attached hydrogen (secondary N) is 1. The number of alkyl halides is 6. The number of rotatable bonds is 8. The number of anilines is 1. The van der Waals surface area contributed by atoms with Crippen molar-refractivity contribution in [1.82, 2.24) is 4.90 Å². The monoisotopic (exact) mass is 576 g/mol. The van der Waals surface area contributed by atoms with Crippen molar-refractivity contribution in [3.05, 3.63) is 59.2 Å². The van der Waals surface area contributed by atoms with E-state index in [9.17, 15) is 35.9 Å². The quantitative estimate of drug-likeness (QED) is 0.206. The molecular weight excluding hydrogens is 550 g/mol. The van der Waals surface area contributed by atoms with Crippen LogP contribution >= 0.6 is 11.8 Å². The van der Waals surface area contributed by atoms with Crippen LogP contribution in [0.5, 0.6) is 0 Å². The number of hydrogen-bond donors (Lipinski definition) is 1. The first-order valence-corrected chi connectivity index (χ1v) is 12.8. The third-order valence-electron chi connectivity index (χ3n) is 5.53. The van der Waals surface area contributed by atoms with Crippen LogP contribution in [0.3, 0.4) is 0 Å². The van der Waals surface area contributed by atoms with Gasteiger partial charge in [-0.25, -0.2) is 4.79 Å². The number of morpholine rings is 1. The van der Waals surface area contributed by atoms with Gasteiger partial charge in [0.15, 0.2) is 0 Å². The number of carbonyl (C=O) groups is 2. The molecule has 6 nitrogen and oxygen atoms in total. The normalized spacial score (nSPS) is 14.5. The molecule has 1 aliphatic rings. The second-order valence-corrected chi connectivity index (χ2v) is 9.53. The van der Waals surface area contributed by atoms with Gasteiger partial charge in [-0.1, -0.05) is 37.2 Å². The highest BCUT2D eigenvalue weighted by Gasteiger charge is 2.46. The van der Waals surface area contributed by atoms with E-state index in [2.05, 4.69) is 5.32 Å². The molecule has 39 heavy (non-hydrogen) atoms. The summed E-state index contributed by atoms with van der Waals surface area (Å²) in [5.41, 5.74) is -4.34. The lowest BCUT2D eigenvalue weighted by molar-refractivity contribution is -0.163. The van der Waals surface area contributed by atoms with Crippen molar-refractivity contribution in [2.45, 2.75) is 41.9 Å². The summed E-state index contributed by atoms with van der Waals surface area (Å²) in [6.07, 6.45) is -8.45. The minimum Gasteiger partial charge on any atom is -0.449 e. The summed E-state index contributed by atoms with van der Waals surface area (Å²) >= 11 is 0.465. The lowest BCUT2D eigenvalue weighted by Crippen LogP contribution is -2.39. The van der Waals surface area contributed by atoms with Crippen LogP contribution in [0.1, 0.15) is 36.5 Å². The van der Waals surface area contributed by atoms with Crippen LogP contribution in [0.4, 0.5) is 36.8 Å². The second kappa shape index (κ2) is 13.2. The van der Waals surface area contributed by atoms with Gasteiger partial charge in [0.05, 0.1) is 30.9 Å². The Balaban J connectivity index is 1.94. The van der Waals surface area contributed by atoms with Crippen LogP contribution < -0.4 is 5.32 Å². The Morgan fingerprint density at radius 3 is 2.38 bits per heavy atom. The van der Waals surface area contributed by atoms with Gasteiger partial charge in [0, 0.05) is 34.6 Å². The molecule has 212 valence electrons.